The SMILES string of the molecule is CN(C(=O)c1ccc(NCCCc2ccccc2)nn1)C1CCS(=O)(=O)C1. The lowest BCUT2D eigenvalue weighted by molar-refractivity contribution is 0.0740. The van der Waals surface area contributed by atoms with Crippen LogP contribution in [0.5, 0.6) is 0 Å². The van der Waals surface area contributed by atoms with Crippen LogP contribution in [0.3, 0.4) is 0 Å². The highest BCUT2D eigenvalue weighted by molar-refractivity contribution is 7.91. The number of carbonyl (C=O) groups excluding carboxylic acids is 1. The second-order valence-corrected chi connectivity index (χ2v) is 9.02. The molecule has 0 aliphatic carbocycles. The Labute approximate surface area is 159 Å². The van der Waals surface area contributed by atoms with Gasteiger partial charge in [0.2, 0.25) is 0 Å². The van der Waals surface area contributed by atoms with Gasteiger partial charge in [-0.2, -0.15) is 0 Å². The Morgan fingerprint density at radius 2 is 1.96 bits per heavy atom. The molecule has 0 spiro atoms. The second kappa shape index (κ2) is 8.47. The molecule has 27 heavy (non-hydrogen) atoms. The number of benzene rings is 1. The highest BCUT2D eigenvalue weighted by Crippen LogP contribution is 2.18. The van der Waals surface area contributed by atoms with Gasteiger partial charge in [-0.1, -0.05) is 30.3 Å². The Hall–Kier alpha value is -2.48. The van der Waals surface area contributed by atoms with Gasteiger partial charge in [-0.15, -0.1) is 10.2 Å². The number of aryl methyl sites for hydroxylation is 1. The highest BCUT2D eigenvalue weighted by atomic mass is 32.2. The van der Waals surface area contributed by atoms with Gasteiger partial charge in [-0.05, 0) is 37.0 Å². The van der Waals surface area contributed by atoms with Crippen LogP contribution >= 0.6 is 0 Å². The van der Waals surface area contributed by atoms with E-state index in [0.717, 1.165) is 19.4 Å². The van der Waals surface area contributed by atoms with Gasteiger partial charge in [0.25, 0.3) is 5.91 Å². The van der Waals surface area contributed by atoms with E-state index in [2.05, 4.69) is 27.6 Å². The molecule has 1 fully saturated rings. The fourth-order valence-electron chi connectivity index (χ4n) is 3.12. The molecule has 2 heterocycles. The summed E-state index contributed by atoms with van der Waals surface area (Å²) in [5.74, 6) is 0.460. The normalized spacial score (nSPS) is 18.2. The summed E-state index contributed by atoms with van der Waals surface area (Å²) >= 11 is 0. The first-order valence-electron chi connectivity index (χ1n) is 9.04. The number of anilines is 1. The second-order valence-electron chi connectivity index (χ2n) is 6.79. The van der Waals surface area contributed by atoms with Crippen LogP contribution in [0, 0.1) is 0 Å². The number of nitrogens with zero attached hydrogens (tertiary/aromatic N) is 3. The Bertz CT molecular complexity index is 870. The molecule has 2 aromatic rings. The molecule has 7 nitrogen and oxygen atoms in total. The van der Waals surface area contributed by atoms with E-state index in [4.69, 9.17) is 0 Å². The summed E-state index contributed by atoms with van der Waals surface area (Å²) in [6.07, 6.45) is 2.41. The number of nitrogens with one attached hydrogen (secondary N) is 1. The molecule has 3 rings (SSSR count). The van der Waals surface area contributed by atoms with E-state index >= 15 is 0 Å². The predicted octanol–water partition coefficient (Wildman–Crippen LogP) is 1.78. The van der Waals surface area contributed by atoms with Gasteiger partial charge in [0.1, 0.15) is 5.82 Å². The standard InChI is InChI=1S/C19H24N4O3S/c1-23(16-11-13-27(25,26)14-16)19(24)17-9-10-18(22-21-17)20-12-5-8-15-6-3-2-4-7-15/h2-4,6-7,9-10,16H,5,8,11-14H2,1H3,(H,20,22). The van der Waals surface area contributed by atoms with Gasteiger partial charge in [0.15, 0.2) is 15.5 Å². The molecule has 0 radical (unpaired) electrons. The average molecular weight is 388 g/mol. The fourth-order valence-corrected chi connectivity index (χ4v) is 4.90. The maximum absolute atomic E-state index is 12.5. The van der Waals surface area contributed by atoms with Crippen molar-refractivity contribution in [3.8, 4) is 0 Å². The zero-order chi connectivity index (χ0) is 19.3. The van der Waals surface area contributed by atoms with E-state index in [0.29, 0.717) is 12.2 Å². The minimum absolute atomic E-state index is 0.0176. The molecule has 1 unspecified atom stereocenters. The molecule has 1 aliphatic rings. The Balaban J connectivity index is 1.48. The molecule has 1 saturated heterocycles. The van der Waals surface area contributed by atoms with Crippen LogP contribution in [-0.4, -0.2) is 60.6 Å². The van der Waals surface area contributed by atoms with Gasteiger partial charge in [-0.25, -0.2) is 8.42 Å². The molecular formula is C19H24N4O3S. The molecule has 0 saturated carbocycles. The van der Waals surface area contributed by atoms with Crippen molar-refractivity contribution in [2.45, 2.75) is 25.3 Å². The number of aromatic nitrogens is 2. The number of sulfone groups is 1. The summed E-state index contributed by atoms with van der Waals surface area (Å²) in [5.41, 5.74) is 1.51. The number of rotatable bonds is 7. The maximum atomic E-state index is 12.5. The average Bonchev–Trinajstić information content (AvgIpc) is 3.05. The van der Waals surface area contributed by atoms with E-state index < -0.39 is 9.84 Å². The van der Waals surface area contributed by atoms with Crippen molar-refractivity contribution in [2.75, 3.05) is 30.4 Å². The quantitative estimate of drug-likeness (QED) is 0.727. The van der Waals surface area contributed by atoms with Crippen LogP contribution in [0.15, 0.2) is 42.5 Å². The maximum Gasteiger partial charge on any atom is 0.274 e. The molecule has 1 N–H and O–H groups in total. The van der Waals surface area contributed by atoms with Crippen LogP contribution in [0.4, 0.5) is 5.82 Å². The van der Waals surface area contributed by atoms with E-state index in [9.17, 15) is 13.2 Å². The van der Waals surface area contributed by atoms with Crippen molar-refractivity contribution in [2.24, 2.45) is 0 Å². The Morgan fingerprint density at radius 3 is 2.59 bits per heavy atom. The number of hydrogen-bond acceptors (Lipinski definition) is 6. The summed E-state index contributed by atoms with van der Waals surface area (Å²) in [4.78, 5) is 13.9. The number of amides is 1. The monoisotopic (exact) mass is 388 g/mol. The Kier molecular flexibility index (Phi) is 6.05. The topological polar surface area (TPSA) is 92.3 Å². The first-order chi connectivity index (χ1) is 12.9. The zero-order valence-corrected chi connectivity index (χ0v) is 16.2. The lowest BCUT2D eigenvalue weighted by atomic mass is 10.1. The zero-order valence-electron chi connectivity index (χ0n) is 15.3. The number of carbonyl (C=O) groups is 1. The third-order valence-electron chi connectivity index (χ3n) is 4.75. The van der Waals surface area contributed by atoms with Crippen molar-refractivity contribution in [3.63, 3.8) is 0 Å². The van der Waals surface area contributed by atoms with Gasteiger partial charge in [0.05, 0.1) is 11.5 Å². The van der Waals surface area contributed by atoms with Gasteiger partial charge < -0.3 is 10.2 Å². The van der Waals surface area contributed by atoms with E-state index in [1.807, 2.05) is 18.2 Å². The van der Waals surface area contributed by atoms with Crippen LogP contribution in [0.25, 0.3) is 0 Å². The molecule has 1 aliphatic heterocycles. The van der Waals surface area contributed by atoms with Gasteiger partial charge >= 0.3 is 0 Å². The highest BCUT2D eigenvalue weighted by Gasteiger charge is 2.33. The summed E-state index contributed by atoms with van der Waals surface area (Å²) in [6.45, 7) is 0.761. The molecular weight excluding hydrogens is 364 g/mol. The molecule has 144 valence electrons. The molecule has 1 atom stereocenters. The minimum Gasteiger partial charge on any atom is -0.369 e. The summed E-state index contributed by atoms with van der Waals surface area (Å²) in [7, 11) is -1.42. The molecule has 1 aromatic carbocycles. The summed E-state index contributed by atoms with van der Waals surface area (Å²) in [6, 6.07) is 13.3. The van der Waals surface area contributed by atoms with E-state index in [1.165, 1.54) is 10.5 Å². The van der Waals surface area contributed by atoms with Crippen molar-refractivity contribution in [1.82, 2.24) is 15.1 Å². The van der Waals surface area contributed by atoms with Crippen molar-refractivity contribution in [1.29, 1.82) is 0 Å². The minimum atomic E-state index is -3.04. The Morgan fingerprint density at radius 1 is 1.19 bits per heavy atom. The van der Waals surface area contributed by atoms with Crippen LogP contribution in [0.1, 0.15) is 28.9 Å². The molecule has 1 aromatic heterocycles. The third-order valence-corrected chi connectivity index (χ3v) is 6.50. The van der Waals surface area contributed by atoms with Crippen molar-refractivity contribution in [3.05, 3.63) is 53.7 Å². The van der Waals surface area contributed by atoms with E-state index in [1.54, 1.807) is 19.2 Å². The van der Waals surface area contributed by atoms with Crippen LogP contribution in [-0.2, 0) is 16.3 Å². The first kappa shape index (κ1) is 19.3. The van der Waals surface area contributed by atoms with Crippen molar-refractivity contribution < 1.29 is 13.2 Å². The van der Waals surface area contributed by atoms with Crippen LogP contribution in [0.2, 0.25) is 0 Å². The largest absolute Gasteiger partial charge is 0.369 e. The third kappa shape index (κ3) is 5.26. The molecule has 1 amide bonds. The molecule has 0 bridgehead atoms. The predicted molar refractivity (Wildman–Crippen MR) is 104 cm³/mol. The smallest absolute Gasteiger partial charge is 0.274 e. The number of hydrogen-bond donors (Lipinski definition) is 1. The summed E-state index contributed by atoms with van der Waals surface area (Å²) < 4.78 is 23.2. The van der Waals surface area contributed by atoms with Crippen LogP contribution < -0.4 is 5.32 Å². The first-order valence-corrected chi connectivity index (χ1v) is 10.9. The molecule has 8 heteroatoms. The fraction of sp³-hybridized carbons (Fsp3) is 0.421. The van der Waals surface area contributed by atoms with Gasteiger partial charge in [0, 0.05) is 19.6 Å². The van der Waals surface area contributed by atoms with Crippen molar-refractivity contribution >= 4 is 21.6 Å². The lowest BCUT2D eigenvalue weighted by Gasteiger charge is -2.22. The van der Waals surface area contributed by atoms with E-state index in [-0.39, 0.29) is 29.1 Å². The summed E-state index contributed by atoms with van der Waals surface area (Å²) in [5, 5.41) is 11.2. The van der Waals surface area contributed by atoms with Gasteiger partial charge in [-0.3, -0.25) is 4.79 Å². The lowest BCUT2D eigenvalue weighted by Crippen LogP contribution is -2.38.